The zero-order valence-corrected chi connectivity index (χ0v) is 13.4. The van der Waals surface area contributed by atoms with Crippen LogP contribution in [0, 0.1) is 0 Å². The van der Waals surface area contributed by atoms with E-state index in [9.17, 15) is 4.79 Å². The van der Waals surface area contributed by atoms with Gasteiger partial charge < -0.3 is 5.32 Å². The first-order valence-electron chi connectivity index (χ1n) is 6.77. The van der Waals surface area contributed by atoms with E-state index in [1.54, 1.807) is 11.8 Å². The Balaban J connectivity index is 1.97. The van der Waals surface area contributed by atoms with E-state index in [4.69, 9.17) is 11.6 Å². The summed E-state index contributed by atoms with van der Waals surface area (Å²) < 4.78 is 0. The van der Waals surface area contributed by atoms with E-state index in [1.807, 2.05) is 66.9 Å². The molecule has 21 heavy (non-hydrogen) atoms. The van der Waals surface area contributed by atoms with Crippen molar-refractivity contribution in [3.63, 3.8) is 0 Å². The fourth-order valence-electron chi connectivity index (χ4n) is 2.07. The second-order valence-electron chi connectivity index (χ2n) is 4.70. The molecule has 0 aromatic heterocycles. The molecule has 2 rings (SSSR count). The highest BCUT2D eigenvalue weighted by Gasteiger charge is 2.23. The molecule has 110 valence electrons. The van der Waals surface area contributed by atoms with Gasteiger partial charge in [0.05, 0.1) is 5.38 Å². The lowest BCUT2D eigenvalue weighted by atomic mass is 10.1. The summed E-state index contributed by atoms with van der Waals surface area (Å²) in [6.07, 6.45) is 2.37. The van der Waals surface area contributed by atoms with Crippen LogP contribution < -0.4 is 5.32 Å². The highest BCUT2D eigenvalue weighted by molar-refractivity contribution is 7.99. The molecule has 0 fully saturated rings. The fraction of sp³-hybridized carbons (Fsp3) is 0.235. The van der Waals surface area contributed by atoms with Crippen molar-refractivity contribution in [1.82, 2.24) is 0 Å². The van der Waals surface area contributed by atoms with Gasteiger partial charge in [0.1, 0.15) is 0 Å². The van der Waals surface area contributed by atoms with Gasteiger partial charge in [-0.25, -0.2) is 0 Å². The monoisotopic (exact) mass is 319 g/mol. The molecule has 0 aliphatic rings. The Morgan fingerprint density at radius 2 is 1.67 bits per heavy atom. The smallest absolute Gasteiger partial charge is 0.225 e. The van der Waals surface area contributed by atoms with E-state index in [-0.39, 0.29) is 16.5 Å². The number of nitrogens with one attached hydrogen (secondary N) is 1. The summed E-state index contributed by atoms with van der Waals surface area (Å²) in [5, 5.41) is 2.76. The van der Waals surface area contributed by atoms with E-state index >= 15 is 0 Å². The SMILES string of the molecule is CSC(CC(=O)Nc1ccccc1)C(Cl)c1ccccc1. The second-order valence-corrected chi connectivity index (χ2v) is 6.25. The maximum absolute atomic E-state index is 12.1. The predicted octanol–water partition coefficient (Wildman–Crippen LogP) is 4.73. The van der Waals surface area contributed by atoms with Crippen LogP contribution in [0.3, 0.4) is 0 Å². The molecule has 2 aromatic rings. The summed E-state index contributed by atoms with van der Waals surface area (Å²) >= 11 is 8.14. The van der Waals surface area contributed by atoms with Crippen LogP contribution in [0.4, 0.5) is 5.69 Å². The third-order valence-electron chi connectivity index (χ3n) is 3.19. The molecule has 2 atom stereocenters. The minimum absolute atomic E-state index is 0.0119. The lowest BCUT2D eigenvalue weighted by Gasteiger charge is -2.20. The summed E-state index contributed by atoms with van der Waals surface area (Å²) in [7, 11) is 0. The third-order valence-corrected chi connectivity index (χ3v) is 4.94. The Hall–Kier alpha value is -1.45. The minimum Gasteiger partial charge on any atom is -0.326 e. The molecule has 0 aliphatic carbocycles. The van der Waals surface area contributed by atoms with E-state index in [0.29, 0.717) is 6.42 Å². The van der Waals surface area contributed by atoms with Crippen molar-refractivity contribution in [1.29, 1.82) is 0 Å². The number of halogens is 1. The number of thioether (sulfide) groups is 1. The van der Waals surface area contributed by atoms with E-state index in [1.165, 1.54) is 0 Å². The van der Waals surface area contributed by atoms with E-state index in [0.717, 1.165) is 11.3 Å². The first-order chi connectivity index (χ1) is 10.2. The molecule has 1 N–H and O–H groups in total. The molecule has 0 bridgehead atoms. The molecule has 1 amide bonds. The number of carbonyl (C=O) groups is 1. The minimum atomic E-state index is -0.178. The number of para-hydroxylation sites is 1. The van der Waals surface area contributed by atoms with Crippen LogP contribution in [0.1, 0.15) is 17.4 Å². The standard InChI is InChI=1S/C17H18ClNOS/c1-21-15(17(18)13-8-4-2-5-9-13)12-16(20)19-14-10-6-3-7-11-14/h2-11,15,17H,12H2,1H3,(H,19,20). The van der Waals surface area contributed by atoms with Crippen molar-refractivity contribution in [3.05, 3.63) is 66.2 Å². The first kappa shape index (κ1) is 15.9. The maximum atomic E-state index is 12.1. The Labute approximate surface area is 134 Å². The number of carbonyl (C=O) groups excluding carboxylic acids is 1. The number of alkyl halides is 1. The van der Waals surface area contributed by atoms with Crippen molar-refractivity contribution < 1.29 is 4.79 Å². The number of hydrogen-bond acceptors (Lipinski definition) is 2. The summed E-state index contributed by atoms with van der Waals surface area (Å²) in [6.45, 7) is 0. The van der Waals surface area contributed by atoms with Crippen LogP contribution in [-0.4, -0.2) is 17.4 Å². The van der Waals surface area contributed by atoms with Crippen molar-refractivity contribution in [3.8, 4) is 0 Å². The highest BCUT2D eigenvalue weighted by atomic mass is 35.5. The number of benzene rings is 2. The summed E-state index contributed by atoms with van der Waals surface area (Å²) in [5.41, 5.74) is 1.86. The third kappa shape index (κ3) is 4.80. The zero-order valence-electron chi connectivity index (χ0n) is 11.8. The quantitative estimate of drug-likeness (QED) is 0.780. The van der Waals surface area contributed by atoms with Crippen LogP contribution in [0.25, 0.3) is 0 Å². The fourth-order valence-corrected chi connectivity index (χ4v) is 3.33. The molecule has 0 heterocycles. The number of amides is 1. The van der Waals surface area contributed by atoms with Gasteiger partial charge in [0.15, 0.2) is 0 Å². The molecule has 0 saturated carbocycles. The molecule has 0 saturated heterocycles. The second kappa shape index (κ2) is 8.11. The Morgan fingerprint density at radius 1 is 1.10 bits per heavy atom. The van der Waals surface area contributed by atoms with Crippen LogP contribution in [0.5, 0.6) is 0 Å². The molecular formula is C17H18ClNOS. The molecule has 2 aromatic carbocycles. The summed E-state index contributed by atoms with van der Waals surface area (Å²) in [4.78, 5) is 12.1. The number of hydrogen-bond donors (Lipinski definition) is 1. The van der Waals surface area contributed by atoms with Crippen molar-refractivity contribution >= 4 is 35.0 Å². The van der Waals surface area contributed by atoms with Gasteiger partial charge in [0.25, 0.3) is 0 Å². The van der Waals surface area contributed by atoms with Gasteiger partial charge in [0.2, 0.25) is 5.91 Å². The normalized spacial score (nSPS) is 13.4. The number of rotatable bonds is 6. The molecule has 4 heteroatoms. The van der Waals surface area contributed by atoms with Crippen LogP contribution in [0.2, 0.25) is 0 Å². The molecule has 0 radical (unpaired) electrons. The Bertz CT molecular complexity index is 562. The first-order valence-corrected chi connectivity index (χ1v) is 8.50. The molecular weight excluding hydrogens is 302 g/mol. The average molecular weight is 320 g/mol. The lowest BCUT2D eigenvalue weighted by molar-refractivity contribution is -0.116. The topological polar surface area (TPSA) is 29.1 Å². The molecule has 0 spiro atoms. The Morgan fingerprint density at radius 3 is 2.24 bits per heavy atom. The van der Waals surface area contributed by atoms with Crippen molar-refractivity contribution in [2.24, 2.45) is 0 Å². The maximum Gasteiger partial charge on any atom is 0.225 e. The molecule has 2 unspecified atom stereocenters. The van der Waals surface area contributed by atoms with Gasteiger partial charge in [-0.1, -0.05) is 48.5 Å². The molecule has 0 aliphatic heterocycles. The number of anilines is 1. The van der Waals surface area contributed by atoms with E-state index in [2.05, 4.69) is 5.32 Å². The predicted molar refractivity (Wildman–Crippen MR) is 92.0 cm³/mol. The Kier molecular flexibility index (Phi) is 6.15. The van der Waals surface area contributed by atoms with Gasteiger partial charge in [0, 0.05) is 17.4 Å². The summed E-state index contributed by atoms with van der Waals surface area (Å²) in [5.74, 6) is -0.0119. The highest BCUT2D eigenvalue weighted by Crippen LogP contribution is 2.33. The molecule has 2 nitrogen and oxygen atoms in total. The average Bonchev–Trinajstić information content (AvgIpc) is 2.53. The van der Waals surface area contributed by atoms with Gasteiger partial charge >= 0.3 is 0 Å². The van der Waals surface area contributed by atoms with Gasteiger partial charge in [-0.3, -0.25) is 4.79 Å². The van der Waals surface area contributed by atoms with Crippen LogP contribution in [-0.2, 0) is 4.79 Å². The van der Waals surface area contributed by atoms with Gasteiger partial charge in [-0.05, 0) is 24.0 Å². The largest absolute Gasteiger partial charge is 0.326 e. The van der Waals surface area contributed by atoms with Crippen LogP contribution in [0.15, 0.2) is 60.7 Å². The summed E-state index contributed by atoms with van der Waals surface area (Å²) in [6, 6.07) is 19.4. The van der Waals surface area contributed by atoms with Crippen molar-refractivity contribution in [2.75, 3.05) is 11.6 Å². The van der Waals surface area contributed by atoms with Crippen LogP contribution >= 0.6 is 23.4 Å². The van der Waals surface area contributed by atoms with Crippen molar-refractivity contribution in [2.45, 2.75) is 17.0 Å². The lowest BCUT2D eigenvalue weighted by Crippen LogP contribution is -2.21. The zero-order chi connectivity index (χ0) is 15.1. The van der Waals surface area contributed by atoms with Gasteiger partial charge in [-0.2, -0.15) is 11.8 Å². The van der Waals surface area contributed by atoms with Gasteiger partial charge in [-0.15, -0.1) is 11.6 Å². The van der Waals surface area contributed by atoms with E-state index < -0.39 is 0 Å².